The number of anilines is 2. The summed E-state index contributed by atoms with van der Waals surface area (Å²) in [7, 11) is 0. The molecule has 2 aromatic heterocycles. The molecule has 2 aromatic rings. The first-order valence-electron chi connectivity index (χ1n) is 8.89. The molecule has 1 fully saturated rings. The van der Waals surface area contributed by atoms with Gasteiger partial charge in [0.1, 0.15) is 0 Å². The number of nitrogens with zero attached hydrogens (tertiary/aromatic N) is 3. The van der Waals surface area contributed by atoms with Crippen molar-refractivity contribution in [3.63, 3.8) is 0 Å². The van der Waals surface area contributed by atoms with Gasteiger partial charge in [-0.1, -0.05) is 25.8 Å². The van der Waals surface area contributed by atoms with Gasteiger partial charge in [0.05, 0.1) is 16.8 Å². The monoisotopic (exact) mass is 337 g/mol. The number of rotatable bonds is 3. The lowest BCUT2D eigenvalue weighted by atomic mass is 9.86. The van der Waals surface area contributed by atoms with E-state index >= 15 is 0 Å². The molecule has 2 atom stereocenters. The number of pyridine rings is 1. The van der Waals surface area contributed by atoms with E-state index in [2.05, 4.69) is 22.2 Å². The predicted octanol–water partition coefficient (Wildman–Crippen LogP) is 3.08. The van der Waals surface area contributed by atoms with Gasteiger partial charge in [-0.05, 0) is 37.8 Å². The van der Waals surface area contributed by atoms with Crippen LogP contribution in [0.1, 0.15) is 38.2 Å². The largest absolute Gasteiger partial charge is 0.398 e. The number of nitrogens with one attached hydrogen (secondary N) is 1. The van der Waals surface area contributed by atoms with Crippen molar-refractivity contribution in [1.29, 1.82) is 0 Å². The second-order valence-corrected chi connectivity index (χ2v) is 7.07. The van der Waals surface area contributed by atoms with Crippen molar-refractivity contribution in [2.45, 2.75) is 45.6 Å². The molecule has 0 radical (unpaired) electrons. The number of nitrogen functional groups attached to an aromatic ring is 1. The predicted molar refractivity (Wildman–Crippen MR) is 101 cm³/mol. The van der Waals surface area contributed by atoms with Gasteiger partial charge >= 0.3 is 0 Å². The van der Waals surface area contributed by atoms with Gasteiger partial charge in [0.2, 0.25) is 5.95 Å². The molecule has 0 aliphatic heterocycles. The summed E-state index contributed by atoms with van der Waals surface area (Å²) in [5.74, 6) is 1.15. The zero-order valence-corrected chi connectivity index (χ0v) is 14.6. The number of allylic oxidation sites excluding steroid dienone is 4. The van der Waals surface area contributed by atoms with E-state index in [1.54, 1.807) is 17.7 Å². The van der Waals surface area contributed by atoms with Gasteiger partial charge in [0, 0.05) is 17.8 Å². The van der Waals surface area contributed by atoms with Crippen LogP contribution in [0.3, 0.4) is 0 Å². The van der Waals surface area contributed by atoms with Crippen LogP contribution >= 0.6 is 0 Å². The highest BCUT2D eigenvalue weighted by molar-refractivity contribution is 5.92. The van der Waals surface area contributed by atoms with Gasteiger partial charge in [-0.25, -0.2) is 4.98 Å². The van der Waals surface area contributed by atoms with Crippen LogP contribution in [0.4, 0.5) is 11.6 Å². The Kier molecular flexibility index (Phi) is 3.82. The Morgan fingerprint density at radius 2 is 2.08 bits per heavy atom. The van der Waals surface area contributed by atoms with Gasteiger partial charge in [-0.2, -0.15) is 4.98 Å². The molecule has 25 heavy (non-hydrogen) atoms. The summed E-state index contributed by atoms with van der Waals surface area (Å²) in [5, 5.41) is 4.17. The Balaban J connectivity index is 1.81. The minimum Gasteiger partial charge on any atom is -0.398 e. The average Bonchev–Trinajstić information content (AvgIpc) is 2.57. The number of hydrogen-bond donors (Lipinski definition) is 2. The normalized spacial score (nSPS) is 22.6. The molecule has 0 saturated heterocycles. The summed E-state index contributed by atoms with van der Waals surface area (Å²) in [6.07, 6.45) is 12.3. The SMILES string of the molecule is Cc1c(N)c2cnc(N[C@H]3CCCC[C@@H]3C)nc2n(C2=CC=C2)c1=O. The summed E-state index contributed by atoms with van der Waals surface area (Å²) in [6, 6.07) is 0.372. The van der Waals surface area contributed by atoms with Crippen LogP contribution < -0.4 is 16.6 Å². The summed E-state index contributed by atoms with van der Waals surface area (Å²) in [5.41, 5.74) is 8.39. The third-order valence-electron chi connectivity index (χ3n) is 5.42. The van der Waals surface area contributed by atoms with Crippen LogP contribution in [0, 0.1) is 12.8 Å². The molecular weight excluding hydrogens is 314 g/mol. The van der Waals surface area contributed by atoms with Gasteiger partial charge in [0.25, 0.3) is 5.56 Å². The highest BCUT2D eigenvalue weighted by Gasteiger charge is 2.23. The first kappa shape index (κ1) is 15.9. The van der Waals surface area contributed by atoms with Gasteiger partial charge in [-0.15, -0.1) is 0 Å². The van der Waals surface area contributed by atoms with Crippen LogP contribution in [0.25, 0.3) is 16.7 Å². The Morgan fingerprint density at radius 1 is 1.32 bits per heavy atom. The number of nitrogens with two attached hydrogens (primary N) is 1. The van der Waals surface area contributed by atoms with E-state index in [1.807, 2.05) is 18.2 Å². The minimum atomic E-state index is -0.128. The fourth-order valence-corrected chi connectivity index (χ4v) is 3.65. The number of hydrogen-bond acceptors (Lipinski definition) is 5. The van der Waals surface area contributed by atoms with Crippen LogP contribution in [-0.2, 0) is 0 Å². The summed E-state index contributed by atoms with van der Waals surface area (Å²) >= 11 is 0. The second kappa shape index (κ2) is 6.02. The summed E-state index contributed by atoms with van der Waals surface area (Å²) < 4.78 is 1.62. The number of aromatic nitrogens is 3. The average molecular weight is 337 g/mol. The third-order valence-corrected chi connectivity index (χ3v) is 5.42. The summed E-state index contributed by atoms with van der Waals surface area (Å²) in [6.45, 7) is 4.01. The smallest absolute Gasteiger partial charge is 0.261 e. The molecular formula is C19H23N5O. The maximum Gasteiger partial charge on any atom is 0.261 e. The molecule has 6 heteroatoms. The van der Waals surface area contributed by atoms with Crippen molar-refractivity contribution in [3.05, 3.63) is 40.3 Å². The van der Waals surface area contributed by atoms with E-state index in [1.165, 1.54) is 19.3 Å². The van der Waals surface area contributed by atoms with Crippen molar-refractivity contribution in [2.75, 3.05) is 11.1 Å². The highest BCUT2D eigenvalue weighted by atomic mass is 16.1. The molecule has 0 amide bonds. The maximum absolute atomic E-state index is 12.7. The van der Waals surface area contributed by atoms with Gasteiger partial charge in [-0.3, -0.25) is 9.36 Å². The van der Waals surface area contributed by atoms with Crippen LogP contribution in [-0.4, -0.2) is 20.6 Å². The Hall–Kier alpha value is -2.63. The lowest BCUT2D eigenvalue weighted by Gasteiger charge is -2.29. The fraction of sp³-hybridized carbons (Fsp3) is 0.421. The molecule has 0 spiro atoms. The fourth-order valence-electron chi connectivity index (χ4n) is 3.65. The molecule has 2 aliphatic rings. The molecule has 1 saturated carbocycles. The quantitative estimate of drug-likeness (QED) is 0.899. The Bertz CT molecular complexity index is 956. The van der Waals surface area contributed by atoms with E-state index in [4.69, 9.17) is 5.73 Å². The van der Waals surface area contributed by atoms with Crippen molar-refractivity contribution in [2.24, 2.45) is 5.92 Å². The Morgan fingerprint density at radius 3 is 2.76 bits per heavy atom. The molecule has 0 bridgehead atoms. The molecule has 0 unspecified atom stereocenters. The van der Waals surface area contributed by atoms with Gasteiger partial charge < -0.3 is 11.1 Å². The lowest BCUT2D eigenvalue weighted by molar-refractivity contribution is 0.348. The molecule has 0 aromatic carbocycles. The number of fused-ring (bicyclic) bond motifs is 1. The molecule has 3 N–H and O–H groups in total. The highest BCUT2D eigenvalue weighted by Crippen LogP contribution is 2.28. The van der Waals surface area contributed by atoms with E-state index in [9.17, 15) is 4.79 Å². The zero-order chi connectivity index (χ0) is 17.6. The molecule has 4 rings (SSSR count). The molecule has 130 valence electrons. The van der Waals surface area contributed by atoms with Crippen molar-refractivity contribution in [1.82, 2.24) is 14.5 Å². The van der Waals surface area contributed by atoms with Crippen LogP contribution in [0.5, 0.6) is 0 Å². The third kappa shape index (κ3) is 2.62. The van der Waals surface area contributed by atoms with E-state index in [-0.39, 0.29) is 5.56 Å². The maximum atomic E-state index is 12.7. The first-order valence-corrected chi connectivity index (χ1v) is 8.89. The standard InChI is InChI=1S/C19H23N5O/c1-11-6-3-4-9-15(11)22-19-21-10-14-16(20)12(2)18(25)24(17(14)23-19)13-7-5-8-13/h5,7-8,10-11,15H,3-4,6,9,20H2,1-2H3,(H,21,22,23)/t11-,15-/m0/s1. The topological polar surface area (TPSA) is 85.8 Å². The van der Waals surface area contributed by atoms with E-state index < -0.39 is 0 Å². The second-order valence-electron chi connectivity index (χ2n) is 7.07. The van der Waals surface area contributed by atoms with Crippen LogP contribution in [0.2, 0.25) is 0 Å². The first-order chi connectivity index (χ1) is 12.1. The van der Waals surface area contributed by atoms with E-state index in [0.717, 1.165) is 12.1 Å². The van der Waals surface area contributed by atoms with Crippen molar-refractivity contribution in [3.8, 4) is 0 Å². The van der Waals surface area contributed by atoms with Gasteiger partial charge in [0.15, 0.2) is 5.65 Å². The Labute approximate surface area is 146 Å². The van der Waals surface area contributed by atoms with E-state index in [0.29, 0.717) is 40.2 Å². The minimum absolute atomic E-state index is 0.128. The van der Waals surface area contributed by atoms with Crippen LogP contribution in [0.15, 0.2) is 29.2 Å². The zero-order valence-electron chi connectivity index (χ0n) is 14.6. The molecule has 2 heterocycles. The van der Waals surface area contributed by atoms with Crippen molar-refractivity contribution < 1.29 is 0 Å². The summed E-state index contributed by atoms with van der Waals surface area (Å²) in [4.78, 5) is 21.8. The molecule has 6 nitrogen and oxygen atoms in total. The molecule has 2 aliphatic carbocycles. The lowest BCUT2D eigenvalue weighted by Crippen LogP contribution is -2.31. The van der Waals surface area contributed by atoms with Crippen molar-refractivity contribution >= 4 is 28.4 Å².